The summed E-state index contributed by atoms with van der Waals surface area (Å²) in [6.45, 7) is 1.68. The summed E-state index contributed by atoms with van der Waals surface area (Å²) in [5.74, 6) is -0.0132. The van der Waals surface area contributed by atoms with Crippen molar-refractivity contribution in [2.75, 3.05) is 7.11 Å². The minimum absolute atomic E-state index is 0.0132. The molecule has 0 spiro atoms. The predicted octanol–water partition coefficient (Wildman–Crippen LogP) is 2.22. The number of methoxy groups -OCH3 is 1. The molecule has 0 radical (unpaired) electrons. The summed E-state index contributed by atoms with van der Waals surface area (Å²) in [7, 11) is -2.70. The number of rotatable bonds is 7. The van der Waals surface area contributed by atoms with E-state index in [9.17, 15) is 18.5 Å². The van der Waals surface area contributed by atoms with Crippen LogP contribution in [0.25, 0.3) is 5.69 Å². The first-order valence-corrected chi connectivity index (χ1v) is 9.60. The third kappa shape index (κ3) is 4.00. The lowest BCUT2D eigenvalue weighted by atomic mass is 10.1. The molecular weight excluding hydrogens is 386 g/mol. The Hall–Kier alpha value is -3.31. The molecule has 2 aromatic carbocycles. The van der Waals surface area contributed by atoms with Crippen LogP contribution in [0.3, 0.4) is 0 Å². The molecule has 3 aromatic rings. The van der Waals surface area contributed by atoms with E-state index in [1.165, 1.54) is 25.6 Å². The van der Waals surface area contributed by atoms with Gasteiger partial charge < -0.3 is 4.74 Å². The maximum atomic E-state index is 12.6. The third-order valence-electron chi connectivity index (χ3n) is 4.07. The Morgan fingerprint density at radius 1 is 1.21 bits per heavy atom. The van der Waals surface area contributed by atoms with E-state index < -0.39 is 26.7 Å². The van der Waals surface area contributed by atoms with E-state index in [2.05, 4.69) is 14.8 Å². The number of aromatic nitrogens is 3. The fraction of sp³-hybridized carbons (Fsp3) is 0.176. The molecule has 146 valence electrons. The fourth-order valence-corrected chi connectivity index (χ4v) is 3.86. The van der Waals surface area contributed by atoms with Crippen molar-refractivity contribution in [3.63, 3.8) is 0 Å². The number of ether oxygens (including phenoxy) is 1. The first kappa shape index (κ1) is 19.5. The van der Waals surface area contributed by atoms with Crippen molar-refractivity contribution in [3.05, 3.63) is 70.8 Å². The quantitative estimate of drug-likeness (QED) is 0.473. The lowest BCUT2D eigenvalue weighted by Gasteiger charge is -2.15. The SMILES string of the molecule is COc1ccc(S(=O)(=O)N[C@H](C)c2ccc(-n3cncn3)cc2)cc1[N+](=O)[O-]. The molecule has 1 atom stereocenters. The topological polar surface area (TPSA) is 129 Å². The van der Waals surface area contributed by atoms with Crippen molar-refractivity contribution < 1.29 is 18.1 Å². The molecule has 1 heterocycles. The van der Waals surface area contributed by atoms with Gasteiger partial charge in [0.25, 0.3) is 0 Å². The number of nitrogens with one attached hydrogen (secondary N) is 1. The molecule has 0 aliphatic rings. The largest absolute Gasteiger partial charge is 0.490 e. The second-order valence-electron chi connectivity index (χ2n) is 5.87. The van der Waals surface area contributed by atoms with Gasteiger partial charge in [0.15, 0.2) is 5.75 Å². The van der Waals surface area contributed by atoms with Crippen molar-refractivity contribution in [3.8, 4) is 11.4 Å². The molecular formula is C17H17N5O5S. The van der Waals surface area contributed by atoms with Gasteiger partial charge in [-0.1, -0.05) is 12.1 Å². The molecule has 0 aliphatic heterocycles. The Bertz CT molecular complexity index is 1080. The molecule has 11 heteroatoms. The average molecular weight is 403 g/mol. The van der Waals surface area contributed by atoms with Crippen LogP contribution in [0.5, 0.6) is 5.75 Å². The van der Waals surface area contributed by atoms with E-state index in [1.54, 1.807) is 42.2 Å². The van der Waals surface area contributed by atoms with Gasteiger partial charge in [-0.05, 0) is 36.8 Å². The Morgan fingerprint density at radius 2 is 1.93 bits per heavy atom. The van der Waals surface area contributed by atoms with Crippen molar-refractivity contribution >= 4 is 15.7 Å². The second kappa shape index (κ2) is 7.74. The Labute approximate surface area is 161 Å². The van der Waals surface area contributed by atoms with Crippen molar-refractivity contribution in [1.82, 2.24) is 19.5 Å². The van der Waals surface area contributed by atoms with Crippen molar-refractivity contribution in [2.45, 2.75) is 17.9 Å². The average Bonchev–Trinajstić information content (AvgIpc) is 3.22. The zero-order valence-corrected chi connectivity index (χ0v) is 15.8. The predicted molar refractivity (Wildman–Crippen MR) is 99.7 cm³/mol. The minimum atomic E-state index is -3.98. The zero-order valence-electron chi connectivity index (χ0n) is 15.0. The van der Waals surface area contributed by atoms with E-state index in [0.717, 1.165) is 17.3 Å². The highest BCUT2D eigenvalue weighted by Gasteiger charge is 2.23. The summed E-state index contributed by atoms with van der Waals surface area (Å²) in [6, 6.07) is 10.0. The summed E-state index contributed by atoms with van der Waals surface area (Å²) in [6.07, 6.45) is 2.97. The standard InChI is InChI=1S/C17H17N5O5S/c1-12(13-3-5-14(6-4-13)21-11-18-10-19-21)20-28(25,26)15-7-8-17(27-2)16(9-15)22(23)24/h3-12,20H,1-2H3/t12-/m1/s1. The molecule has 28 heavy (non-hydrogen) atoms. The number of nitro groups is 1. The highest BCUT2D eigenvalue weighted by Crippen LogP contribution is 2.30. The number of nitrogens with zero attached hydrogens (tertiary/aromatic N) is 4. The van der Waals surface area contributed by atoms with Crippen LogP contribution in [0.1, 0.15) is 18.5 Å². The Morgan fingerprint density at radius 3 is 2.50 bits per heavy atom. The number of benzene rings is 2. The van der Waals surface area contributed by atoms with Gasteiger partial charge in [-0.25, -0.2) is 22.8 Å². The van der Waals surface area contributed by atoms with Crippen molar-refractivity contribution in [1.29, 1.82) is 0 Å². The lowest BCUT2D eigenvalue weighted by molar-refractivity contribution is -0.386. The van der Waals surface area contributed by atoms with Gasteiger partial charge in [0.05, 0.1) is 22.6 Å². The summed E-state index contributed by atoms with van der Waals surface area (Å²) in [5, 5.41) is 15.2. The summed E-state index contributed by atoms with van der Waals surface area (Å²) in [5.41, 5.74) is 1.08. The molecule has 0 aliphatic carbocycles. The smallest absolute Gasteiger partial charge is 0.312 e. The molecule has 0 unspecified atom stereocenters. The highest BCUT2D eigenvalue weighted by atomic mass is 32.2. The second-order valence-corrected chi connectivity index (χ2v) is 7.58. The summed E-state index contributed by atoms with van der Waals surface area (Å²) in [4.78, 5) is 14.1. The number of sulfonamides is 1. The fourth-order valence-electron chi connectivity index (χ4n) is 2.61. The number of hydrogen-bond acceptors (Lipinski definition) is 7. The van der Waals surface area contributed by atoms with Gasteiger partial charge in [-0.3, -0.25) is 10.1 Å². The van der Waals surface area contributed by atoms with Crippen molar-refractivity contribution in [2.24, 2.45) is 0 Å². The van der Waals surface area contributed by atoms with Crippen LogP contribution < -0.4 is 9.46 Å². The molecule has 0 saturated heterocycles. The molecule has 0 bridgehead atoms. The highest BCUT2D eigenvalue weighted by molar-refractivity contribution is 7.89. The number of nitro benzene ring substituents is 1. The molecule has 0 saturated carbocycles. The van der Waals surface area contributed by atoms with E-state index in [1.807, 2.05) is 0 Å². The van der Waals surface area contributed by atoms with Crippen LogP contribution >= 0.6 is 0 Å². The van der Waals surface area contributed by atoms with E-state index >= 15 is 0 Å². The summed E-state index contributed by atoms with van der Waals surface area (Å²) < 4.78 is 34.3. The molecule has 3 rings (SSSR count). The van der Waals surface area contributed by atoms with Gasteiger partial charge in [0.2, 0.25) is 10.0 Å². The maximum absolute atomic E-state index is 12.6. The van der Waals surface area contributed by atoms with Gasteiger partial charge in [0.1, 0.15) is 12.7 Å². The molecule has 0 amide bonds. The number of hydrogen-bond donors (Lipinski definition) is 1. The first-order chi connectivity index (χ1) is 13.3. The van der Waals surface area contributed by atoms with Crippen LogP contribution in [-0.2, 0) is 10.0 Å². The van der Waals surface area contributed by atoms with Crippen LogP contribution in [0.15, 0.2) is 60.0 Å². The molecule has 0 fully saturated rings. The maximum Gasteiger partial charge on any atom is 0.312 e. The van der Waals surface area contributed by atoms with E-state index in [-0.39, 0.29) is 10.6 Å². The zero-order chi connectivity index (χ0) is 20.3. The van der Waals surface area contributed by atoms with Crippen LogP contribution in [0.2, 0.25) is 0 Å². The summed E-state index contributed by atoms with van der Waals surface area (Å²) >= 11 is 0. The van der Waals surface area contributed by atoms with Gasteiger partial charge in [-0.15, -0.1) is 0 Å². The first-order valence-electron chi connectivity index (χ1n) is 8.11. The normalized spacial score (nSPS) is 12.5. The van der Waals surface area contributed by atoms with Crippen LogP contribution in [0.4, 0.5) is 5.69 Å². The third-order valence-corrected chi connectivity index (χ3v) is 5.60. The van der Waals surface area contributed by atoms with Gasteiger partial charge in [0, 0.05) is 12.1 Å². The molecule has 10 nitrogen and oxygen atoms in total. The van der Waals surface area contributed by atoms with Crippen LogP contribution in [-0.4, -0.2) is 35.2 Å². The van der Waals surface area contributed by atoms with E-state index in [0.29, 0.717) is 0 Å². The lowest BCUT2D eigenvalue weighted by Crippen LogP contribution is -2.27. The van der Waals surface area contributed by atoms with E-state index in [4.69, 9.17) is 4.74 Å². The Kier molecular flexibility index (Phi) is 5.38. The van der Waals surface area contributed by atoms with Gasteiger partial charge >= 0.3 is 5.69 Å². The Balaban J connectivity index is 1.82. The molecule has 1 aromatic heterocycles. The monoisotopic (exact) mass is 403 g/mol. The minimum Gasteiger partial charge on any atom is -0.490 e. The molecule has 1 N–H and O–H groups in total. The van der Waals surface area contributed by atoms with Gasteiger partial charge in [-0.2, -0.15) is 5.10 Å². The van der Waals surface area contributed by atoms with Crippen LogP contribution in [0, 0.1) is 10.1 Å².